The molecular formula is C65H116O6. The van der Waals surface area contributed by atoms with Crippen LogP contribution in [0.2, 0.25) is 0 Å². The maximum atomic E-state index is 12.8. The van der Waals surface area contributed by atoms with E-state index < -0.39 is 6.10 Å². The maximum Gasteiger partial charge on any atom is 0.306 e. The van der Waals surface area contributed by atoms with Crippen molar-refractivity contribution in [1.82, 2.24) is 0 Å². The Bertz CT molecular complexity index is 1280. The van der Waals surface area contributed by atoms with Crippen molar-refractivity contribution in [2.45, 2.75) is 322 Å². The predicted molar refractivity (Wildman–Crippen MR) is 307 cm³/mol. The first-order valence-corrected chi connectivity index (χ1v) is 30.8. The van der Waals surface area contributed by atoms with Gasteiger partial charge in [0, 0.05) is 19.3 Å². The van der Waals surface area contributed by atoms with Crippen molar-refractivity contribution in [2.75, 3.05) is 13.2 Å². The number of allylic oxidation sites excluding steroid dienone is 10. The van der Waals surface area contributed by atoms with Crippen molar-refractivity contribution in [3.8, 4) is 0 Å². The van der Waals surface area contributed by atoms with Gasteiger partial charge in [0.1, 0.15) is 13.2 Å². The highest BCUT2D eigenvalue weighted by molar-refractivity contribution is 5.71. The molecule has 0 aliphatic carbocycles. The van der Waals surface area contributed by atoms with Gasteiger partial charge < -0.3 is 14.2 Å². The van der Waals surface area contributed by atoms with Gasteiger partial charge in [-0.3, -0.25) is 14.4 Å². The van der Waals surface area contributed by atoms with E-state index in [9.17, 15) is 14.4 Å². The van der Waals surface area contributed by atoms with Gasteiger partial charge in [-0.2, -0.15) is 0 Å². The molecule has 0 aliphatic heterocycles. The third-order valence-electron chi connectivity index (χ3n) is 13.5. The second kappa shape index (κ2) is 59.7. The number of carbonyl (C=O) groups is 3. The van der Waals surface area contributed by atoms with Gasteiger partial charge in [-0.1, -0.05) is 300 Å². The molecule has 0 spiro atoms. The molecule has 0 unspecified atom stereocenters. The van der Waals surface area contributed by atoms with Gasteiger partial charge in [0.2, 0.25) is 0 Å². The van der Waals surface area contributed by atoms with Crippen LogP contribution in [-0.2, 0) is 28.6 Å². The van der Waals surface area contributed by atoms with Crippen molar-refractivity contribution in [2.24, 2.45) is 0 Å². The second-order valence-electron chi connectivity index (χ2n) is 20.6. The molecule has 6 heteroatoms. The fourth-order valence-corrected chi connectivity index (χ4v) is 8.90. The normalized spacial score (nSPS) is 12.4. The zero-order valence-corrected chi connectivity index (χ0v) is 47.2. The lowest BCUT2D eigenvalue weighted by molar-refractivity contribution is -0.166. The largest absolute Gasteiger partial charge is 0.462 e. The Morgan fingerprint density at radius 2 is 0.535 bits per heavy atom. The van der Waals surface area contributed by atoms with Crippen molar-refractivity contribution in [3.05, 3.63) is 60.8 Å². The van der Waals surface area contributed by atoms with Gasteiger partial charge in [-0.25, -0.2) is 0 Å². The molecule has 0 bridgehead atoms. The lowest BCUT2D eigenvalue weighted by Gasteiger charge is -2.18. The Balaban J connectivity index is 4.40. The number of hydrogen-bond donors (Lipinski definition) is 0. The molecule has 412 valence electrons. The fourth-order valence-electron chi connectivity index (χ4n) is 8.90. The third kappa shape index (κ3) is 57.9. The summed E-state index contributed by atoms with van der Waals surface area (Å²) >= 11 is 0. The van der Waals surface area contributed by atoms with Gasteiger partial charge in [0.15, 0.2) is 6.10 Å². The Kier molecular flexibility index (Phi) is 57.2. The first-order valence-electron chi connectivity index (χ1n) is 30.8. The summed E-state index contributed by atoms with van der Waals surface area (Å²) in [5, 5.41) is 0. The minimum atomic E-state index is -0.811. The standard InChI is InChI=1S/C65H116O6/c1-4-7-10-13-16-19-22-25-27-29-31-32-34-35-37-40-43-46-49-52-55-58-64(67)70-61-62(60-69-63(66)57-54-51-48-45-42-39-24-21-18-15-12-9-6-3)71-65(68)59-56-53-50-47-44-41-38-36-33-30-28-26-23-20-17-14-11-8-5-2/h17,20,26,28,33,36,41,44,50,53,62H,4-16,18-19,21-25,27,29-32,34-35,37-40,42-43,45-49,51-52,54-61H2,1-3H3/b20-17-,28-26-,36-33-,44-41-,53-50-/t62-/m0/s1. The van der Waals surface area contributed by atoms with Crippen LogP contribution in [0.1, 0.15) is 316 Å². The first kappa shape index (κ1) is 68.1. The predicted octanol–water partition coefficient (Wildman–Crippen LogP) is 20.8. The summed E-state index contributed by atoms with van der Waals surface area (Å²) in [6, 6.07) is 0. The van der Waals surface area contributed by atoms with E-state index >= 15 is 0 Å². The molecule has 0 heterocycles. The second-order valence-corrected chi connectivity index (χ2v) is 20.6. The molecular weight excluding hydrogens is 877 g/mol. The Morgan fingerprint density at radius 3 is 0.845 bits per heavy atom. The molecule has 0 aromatic rings. The van der Waals surface area contributed by atoms with Crippen molar-refractivity contribution < 1.29 is 28.6 Å². The van der Waals surface area contributed by atoms with Crippen LogP contribution in [-0.4, -0.2) is 37.2 Å². The number of carbonyl (C=O) groups excluding carboxylic acids is 3. The Labute approximate surface area is 440 Å². The lowest BCUT2D eigenvalue weighted by Crippen LogP contribution is -2.30. The van der Waals surface area contributed by atoms with E-state index in [1.54, 1.807) is 0 Å². The highest BCUT2D eigenvalue weighted by atomic mass is 16.6. The summed E-state index contributed by atoms with van der Waals surface area (Å²) in [7, 11) is 0. The van der Waals surface area contributed by atoms with Crippen LogP contribution in [0.4, 0.5) is 0 Å². The minimum absolute atomic E-state index is 0.0995. The Hall–Kier alpha value is -2.89. The number of ether oxygens (including phenoxy) is 3. The monoisotopic (exact) mass is 993 g/mol. The minimum Gasteiger partial charge on any atom is -0.462 e. The lowest BCUT2D eigenvalue weighted by atomic mass is 10.0. The van der Waals surface area contributed by atoms with E-state index in [1.165, 1.54) is 205 Å². The van der Waals surface area contributed by atoms with Crippen LogP contribution >= 0.6 is 0 Å². The molecule has 0 saturated heterocycles. The molecule has 0 aromatic heterocycles. The first-order chi connectivity index (χ1) is 35.0. The van der Waals surface area contributed by atoms with Crippen LogP contribution in [0.15, 0.2) is 60.8 Å². The van der Waals surface area contributed by atoms with Crippen LogP contribution in [0.3, 0.4) is 0 Å². The molecule has 6 nitrogen and oxygen atoms in total. The average Bonchev–Trinajstić information content (AvgIpc) is 3.37. The molecule has 0 rings (SSSR count). The number of esters is 3. The summed E-state index contributed by atoms with van der Waals surface area (Å²) in [5.74, 6) is -0.966. The summed E-state index contributed by atoms with van der Waals surface area (Å²) < 4.78 is 16.8. The van der Waals surface area contributed by atoms with Crippen LogP contribution in [0, 0.1) is 0 Å². The van der Waals surface area contributed by atoms with Gasteiger partial charge in [0.05, 0.1) is 0 Å². The van der Waals surface area contributed by atoms with Gasteiger partial charge in [-0.15, -0.1) is 0 Å². The Morgan fingerprint density at radius 1 is 0.282 bits per heavy atom. The average molecular weight is 994 g/mol. The van der Waals surface area contributed by atoms with E-state index in [-0.39, 0.29) is 37.5 Å². The highest BCUT2D eigenvalue weighted by Crippen LogP contribution is 2.17. The molecule has 1 atom stereocenters. The zero-order chi connectivity index (χ0) is 51.4. The number of unbranched alkanes of at least 4 members (excludes halogenated alkanes) is 35. The number of hydrogen-bond acceptors (Lipinski definition) is 6. The van der Waals surface area contributed by atoms with Crippen molar-refractivity contribution >= 4 is 17.9 Å². The van der Waals surface area contributed by atoms with Gasteiger partial charge >= 0.3 is 17.9 Å². The summed E-state index contributed by atoms with van der Waals surface area (Å²) in [5.41, 5.74) is 0. The molecule has 0 N–H and O–H groups in total. The maximum absolute atomic E-state index is 12.8. The summed E-state index contributed by atoms with van der Waals surface area (Å²) in [6.45, 7) is 6.59. The van der Waals surface area contributed by atoms with Gasteiger partial charge in [-0.05, 0) is 57.8 Å². The van der Waals surface area contributed by atoms with E-state index in [4.69, 9.17) is 14.2 Å². The molecule has 0 amide bonds. The molecule has 71 heavy (non-hydrogen) atoms. The number of rotatable bonds is 56. The zero-order valence-electron chi connectivity index (χ0n) is 47.2. The third-order valence-corrected chi connectivity index (χ3v) is 13.5. The highest BCUT2D eigenvalue weighted by Gasteiger charge is 2.19. The van der Waals surface area contributed by atoms with Crippen molar-refractivity contribution in [3.63, 3.8) is 0 Å². The fraction of sp³-hybridized carbons (Fsp3) is 0.800. The summed E-state index contributed by atoms with van der Waals surface area (Å²) in [4.78, 5) is 38.2. The topological polar surface area (TPSA) is 78.9 Å². The summed E-state index contributed by atoms with van der Waals surface area (Å²) in [6.07, 6.45) is 75.2. The van der Waals surface area contributed by atoms with Crippen LogP contribution < -0.4 is 0 Å². The van der Waals surface area contributed by atoms with E-state index in [0.29, 0.717) is 19.3 Å². The SMILES string of the molecule is CCCCC/C=C\C/C=C\C/C=C\C/C=C\C/C=C\CCC(=O)O[C@@H](COC(=O)CCCCCCCCCCCCCCC)COC(=O)CCCCCCCCCCCCCCCCCCCCCCC. The smallest absolute Gasteiger partial charge is 0.306 e. The van der Waals surface area contributed by atoms with Gasteiger partial charge in [0.25, 0.3) is 0 Å². The molecule has 0 saturated carbocycles. The van der Waals surface area contributed by atoms with Crippen molar-refractivity contribution in [1.29, 1.82) is 0 Å². The molecule has 0 fully saturated rings. The van der Waals surface area contributed by atoms with Crippen LogP contribution in [0.25, 0.3) is 0 Å². The molecule has 0 radical (unpaired) electrons. The molecule has 0 aliphatic rings. The van der Waals surface area contributed by atoms with E-state index in [2.05, 4.69) is 75.5 Å². The quantitative estimate of drug-likeness (QED) is 0.0261. The van der Waals surface area contributed by atoms with E-state index in [0.717, 1.165) is 64.2 Å². The van der Waals surface area contributed by atoms with E-state index in [1.807, 2.05) is 6.08 Å². The molecule has 0 aromatic carbocycles. The van der Waals surface area contributed by atoms with Crippen LogP contribution in [0.5, 0.6) is 0 Å².